The largest absolute Gasteiger partial charge is 0.327 e. The molecule has 0 aliphatic heterocycles. The minimum atomic E-state index is 0.377. The molecule has 0 amide bonds. The van der Waals surface area contributed by atoms with E-state index in [0.717, 1.165) is 11.0 Å². The lowest BCUT2D eigenvalue weighted by Gasteiger charge is -2.21. The molecule has 2 heteroatoms. The zero-order valence-corrected chi connectivity index (χ0v) is 8.20. The summed E-state index contributed by atoms with van der Waals surface area (Å²) >= 11 is 2.08. The molecule has 1 aliphatic carbocycles. The van der Waals surface area contributed by atoms with E-state index in [9.17, 15) is 0 Å². The molecule has 0 aromatic heterocycles. The maximum absolute atomic E-state index is 5.69. The van der Waals surface area contributed by atoms with Crippen LogP contribution in [0.3, 0.4) is 0 Å². The molecule has 1 aliphatic rings. The standard InChI is InChI=1S/C9H19NS/c1-8(10)7-11-9-5-3-2-4-6-9/h8-9H,2-7,10H2,1H3/t8-/m1/s1. The molecule has 1 nitrogen and oxygen atoms in total. The molecule has 1 atom stereocenters. The van der Waals surface area contributed by atoms with Crippen molar-refractivity contribution in [3.8, 4) is 0 Å². The van der Waals surface area contributed by atoms with Gasteiger partial charge in [-0.3, -0.25) is 0 Å². The van der Waals surface area contributed by atoms with Gasteiger partial charge in [0, 0.05) is 17.0 Å². The fourth-order valence-corrected chi connectivity index (χ4v) is 2.76. The van der Waals surface area contributed by atoms with Crippen LogP contribution < -0.4 is 5.73 Å². The molecule has 0 aromatic carbocycles. The lowest BCUT2D eigenvalue weighted by molar-refractivity contribution is 0.515. The molecule has 0 heterocycles. The van der Waals surface area contributed by atoms with Crippen LogP contribution in [0.1, 0.15) is 39.0 Å². The van der Waals surface area contributed by atoms with Crippen LogP contribution in [0.4, 0.5) is 0 Å². The van der Waals surface area contributed by atoms with Crippen LogP contribution >= 0.6 is 11.8 Å². The van der Waals surface area contributed by atoms with Gasteiger partial charge in [0.15, 0.2) is 0 Å². The summed E-state index contributed by atoms with van der Waals surface area (Å²) < 4.78 is 0. The fourth-order valence-electron chi connectivity index (χ4n) is 1.52. The highest BCUT2D eigenvalue weighted by Crippen LogP contribution is 2.28. The average molecular weight is 173 g/mol. The normalized spacial score (nSPS) is 23.5. The van der Waals surface area contributed by atoms with Gasteiger partial charge >= 0.3 is 0 Å². The van der Waals surface area contributed by atoms with Gasteiger partial charge in [-0.1, -0.05) is 19.3 Å². The second-order valence-corrected chi connectivity index (χ2v) is 4.90. The van der Waals surface area contributed by atoms with E-state index in [-0.39, 0.29) is 0 Å². The van der Waals surface area contributed by atoms with Crippen molar-refractivity contribution in [2.45, 2.75) is 50.3 Å². The van der Waals surface area contributed by atoms with Crippen molar-refractivity contribution in [1.29, 1.82) is 0 Å². The number of hydrogen-bond donors (Lipinski definition) is 1. The summed E-state index contributed by atoms with van der Waals surface area (Å²) in [5.74, 6) is 1.14. The molecule has 1 rings (SSSR count). The number of nitrogens with two attached hydrogens (primary N) is 1. The van der Waals surface area contributed by atoms with Crippen LogP contribution in [0.5, 0.6) is 0 Å². The van der Waals surface area contributed by atoms with Gasteiger partial charge in [0.05, 0.1) is 0 Å². The van der Waals surface area contributed by atoms with Crippen LogP contribution in [0, 0.1) is 0 Å². The molecule has 0 bridgehead atoms. The van der Waals surface area contributed by atoms with Gasteiger partial charge in [0.2, 0.25) is 0 Å². The van der Waals surface area contributed by atoms with E-state index in [2.05, 4.69) is 18.7 Å². The first-order valence-corrected chi connectivity index (χ1v) is 5.71. The summed E-state index contributed by atoms with van der Waals surface area (Å²) in [5.41, 5.74) is 5.69. The van der Waals surface area contributed by atoms with Crippen LogP contribution in [0.2, 0.25) is 0 Å². The molecule has 0 unspecified atom stereocenters. The van der Waals surface area contributed by atoms with E-state index >= 15 is 0 Å². The highest BCUT2D eigenvalue weighted by Gasteiger charge is 2.13. The Bertz CT molecular complexity index is 97.7. The van der Waals surface area contributed by atoms with Crippen molar-refractivity contribution in [3.63, 3.8) is 0 Å². The molecule has 0 saturated heterocycles. The summed E-state index contributed by atoms with van der Waals surface area (Å²) in [5, 5.41) is 0.926. The predicted octanol–water partition coefficient (Wildman–Crippen LogP) is 2.40. The molecule has 1 saturated carbocycles. The minimum Gasteiger partial charge on any atom is -0.327 e. The Morgan fingerprint density at radius 3 is 2.55 bits per heavy atom. The van der Waals surface area contributed by atoms with Crippen molar-refractivity contribution < 1.29 is 0 Å². The highest BCUT2D eigenvalue weighted by molar-refractivity contribution is 7.99. The summed E-state index contributed by atoms with van der Waals surface area (Å²) in [6.45, 7) is 2.09. The van der Waals surface area contributed by atoms with Gasteiger partial charge < -0.3 is 5.73 Å². The maximum atomic E-state index is 5.69. The fraction of sp³-hybridized carbons (Fsp3) is 1.00. The van der Waals surface area contributed by atoms with E-state index in [1.165, 1.54) is 32.1 Å². The molecular formula is C9H19NS. The first kappa shape index (κ1) is 9.40. The van der Waals surface area contributed by atoms with Crippen molar-refractivity contribution in [2.24, 2.45) is 5.73 Å². The van der Waals surface area contributed by atoms with Gasteiger partial charge in [-0.25, -0.2) is 0 Å². The monoisotopic (exact) mass is 173 g/mol. The van der Waals surface area contributed by atoms with E-state index < -0.39 is 0 Å². The Balaban J connectivity index is 2.05. The first-order valence-electron chi connectivity index (χ1n) is 4.66. The molecule has 1 fully saturated rings. The summed E-state index contributed by atoms with van der Waals surface area (Å²) in [7, 11) is 0. The molecule has 66 valence electrons. The second-order valence-electron chi connectivity index (χ2n) is 3.57. The third-order valence-electron chi connectivity index (χ3n) is 2.15. The third-order valence-corrected chi connectivity index (χ3v) is 3.81. The Hall–Kier alpha value is 0.310. The Morgan fingerprint density at radius 1 is 1.36 bits per heavy atom. The average Bonchev–Trinajstić information content (AvgIpc) is 2.03. The van der Waals surface area contributed by atoms with Crippen molar-refractivity contribution in [2.75, 3.05) is 5.75 Å². The van der Waals surface area contributed by atoms with Gasteiger partial charge in [0.25, 0.3) is 0 Å². The van der Waals surface area contributed by atoms with Crippen molar-refractivity contribution >= 4 is 11.8 Å². The number of thioether (sulfide) groups is 1. The minimum absolute atomic E-state index is 0.377. The topological polar surface area (TPSA) is 26.0 Å². The Kier molecular flexibility index (Phi) is 4.31. The van der Waals surface area contributed by atoms with E-state index in [1.807, 2.05) is 0 Å². The molecule has 0 spiro atoms. The Morgan fingerprint density at radius 2 is 2.00 bits per heavy atom. The van der Waals surface area contributed by atoms with Crippen molar-refractivity contribution in [3.05, 3.63) is 0 Å². The quantitative estimate of drug-likeness (QED) is 0.709. The smallest absolute Gasteiger partial charge is 0.0102 e. The van der Waals surface area contributed by atoms with E-state index in [4.69, 9.17) is 5.73 Å². The molecule has 11 heavy (non-hydrogen) atoms. The molecule has 0 aromatic rings. The van der Waals surface area contributed by atoms with Crippen LogP contribution in [0.25, 0.3) is 0 Å². The predicted molar refractivity (Wildman–Crippen MR) is 53.0 cm³/mol. The summed E-state index contributed by atoms with van der Waals surface area (Å²) in [4.78, 5) is 0. The summed E-state index contributed by atoms with van der Waals surface area (Å²) in [6.07, 6.45) is 7.19. The van der Waals surface area contributed by atoms with Gasteiger partial charge in [-0.05, 0) is 19.8 Å². The van der Waals surface area contributed by atoms with Crippen LogP contribution in [0.15, 0.2) is 0 Å². The van der Waals surface area contributed by atoms with Crippen LogP contribution in [-0.4, -0.2) is 17.0 Å². The lowest BCUT2D eigenvalue weighted by atomic mass is 10.0. The highest BCUT2D eigenvalue weighted by atomic mass is 32.2. The zero-order valence-electron chi connectivity index (χ0n) is 7.38. The maximum Gasteiger partial charge on any atom is 0.0102 e. The van der Waals surface area contributed by atoms with Gasteiger partial charge in [0.1, 0.15) is 0 Å². The molecular weight excluding hydrogens is 154 g/mol. The van der Waals surface area contributed by atoms with E-state index in [0.29, 0.717) is 6.04 Å². The first-order chi connectivity index (χ1) is 5.29. The SMILES string of the molecule is C[C@@H](N)CSC1CCCCC1. The number of rotatable bonds is 3. The van der Waals surface area contributed by atoms with E-state index in [1.54, 1.807) is 0 Å². The van der Waals surface area contributed by atoms with Gasteiger partial charge in [-0.2, -0.15) is 11.8 Å². The van der Waals surface area contributed by atoms with Crippen molar-refractivity contribution in [1.82, 2.24) is 0 Å². The molecule has 2 N–H and O–H groups in total. The second kappa shape index (κ2) is 5.04. The van der Waals surface area contributed by atoms with Crippen LogP contribution in [-0.2, 0) is 0 Å². The summed E-state index contributed by atoms with van der Waals surface area (Å²) in [6, 6.07) is 0.377. The number of hydrogen-bond acceptors (Lipinski definition) is 2. The molecule has 0 radical (unpaired) electrons. The van der Waals surface area contributed by atoms with Gasteiger partial charge in [-0.15, -0.1) is 0 Å². The zero-order chi connectivity index (χ0) is 8.10. The Labute approximate surface area is 74.1 Å². The lowest BCUT2D eigenvalue weighted by Crippen LogP contribution is -2.20. The third kappa shape index (κ3) is 4.02.